The molecule has 5 nitrogen and oxygen atoms in total. The van der Waals surface area contributed by atoms with Gasteiger partial charge in [-0.1, -0.05) is 44.2 Å². The van der Waals surface area contributed by atoms with Crippen molar-refractivity contribution in [2.24, 2.45) is 16.6 Å². The van der Waals surface area contributed by atoms with Crippen LogP contribution in [0.5, 0.6) is 11.5 Å². The predicted molar refractivity (Wildman–Crippen MR) is 120 cm³/mol. The number of fused-ring (bicyclic) bond motifs is 1. The van der Waals surface area contributed by atoms with Crippen molar-refractivity contribution in [2.45, 2.75) is 32.9 Å². The first kappa shape index (κ1) is 21.3. The number of benzene rings is 2. The van der Waals surface area contributed by atoms with E-state index in [9.17, 15) is 0 Å². The summed E-state index contributed by atoms with van der Waals surface area (Å²) in [7, 11) is 0. The molecule has 0 saturated heterocycles. The number of ether oxygens (including phenoxy) is 2. The van der Waals surface area contributed by atoms with Gasteiger partial charge in [-0.2, -0.15) is 0 Å². The number of nitrogens with two attached hydrogens (primary N) is 1. The van der Waals surface area contributed by atoms with Crippen LogP contribution in [-0.2, 0) is 6.54 Å². The van der Waals surface area contributed by atoms with Crippen LogP contribution in [0.15, 0.2) is 53.5 Å². The molecule has 1 unspecified atom stereocenters. The molecule has 2 aromatic carbocycles. The van der Waals surface area contributed by atoms with Crippen molar-refractivity contribution in [2.75, 3.05) is 13.2 Å². The van der Waals surface area contributed by atoms with Crippen LogP contribution < -0.4 is 20.5 Å². The number of guanidine groups is 1. The molecular formula is C21H28IN3O2. The maximum Gasteiger partial charge on any atom is 0.189 e. The average molecular weight is 481 g/mol. The Bertz CT molecular complexity index is 747. The van der Waals surface area contributed by atoms with Crippen LogP contribution in [-0.4, -0.2) is 19.2 Å². The summed E-state index contributed by atoms with van der Waals surface area (Å²) in [6.07, 6.45) is 0.870. The molecule has 1 atom stereocenters. The highest BCUT2D eigenvalue weighted by atomic mass is 127. The van der Waals surface area contributed by atoms with Crippen LogP contribution in [0.25, 0.3) is 0 Å². The van der Waals surface area contributed by atoms with Crippen molar-refractivity contribution < 1.29 is 9.47 Å². The SMILES string of the molecule is CC(C)COc1ccc(CN=C(N)NC2CCOc3ccccc32)cc1.I. The number of para-hydroxylation sites is 1. The molecule has 0 saturated carbocycles. The van der Waals surface area contributed by atoms with Gasteiger partial charge in [-0.3, -0.25) is 0 Å². The number of nitrogens with one attached hydrogen (secondary N) is 1. The highest BCUT2D eigenvalue weighted by Gasteiger charge is 2.21. The van der Waals surface area contributed by atoms with Crippen LogP contribution in [0, 0.1) is 5.92 Å². The van der Waals surface area contributed by atoms with Crippen molar-refractivity contribution in [1.29, 1.82) is 0 Å². The molecule has 0 aromatic heterocycles. The summed E-state index contributed by atoms with van der Waals surface area (Å²) >= 11 is 0. The highest BCUT2D eigenvalue weighted by molar-refractivity contribution is 14.0. The fourth-order valence-corrected chi connectivity index (χ4v) is 2.85. The van der Waals surface area contributed by atoms with Gasteiger partial charge in [0.05, 0.1) is 25.8 Å². The summed E-state index contributed by atoms with van der Waals surface area (Å²) in [6.45, 7) is 6.21. The third-order valence-electron chi connectivity index (χ3n) is 4.22. The van der Waals surface area contributed by atoms with Crippen molar-refractivity contribution >= 4 is 29.9 Å². The number of halogens is 1. The molecule has 0 bridgehead atoms. The molecule has 0 fully saturated rings. The van der Waals surface area contributed by atoms with E-state index in [-0.39, 0.29) is 30.0 Å². The molecular weight excluding hydrogens is 453 g/mol. The Morgan fingerprint density at radius 1 is 1.22 bits per heavy atom. The molecule has 2 aromatic rings. The van der Waals surface area contributed by atoms with Crippen LogP contribution in [0.2, 0.25) is 0 Å². The van der Waals surface area contributed by atoms with Gasteiger partial charge < -0.3 is 20.5 Å². The zero-order valence-electron chi connectivity index (χ0n) is 15.9. The Morgan fingerprint density at radius 2 is 1.96 bits per heavy atom. The largest absolute Gasteiger partial charge is 0.493 e. The summed E-state index contributed by atoms with van der Waals surface area (Å²) in [5.74, 6) is 2.77. The van der Waals surface area contributed by atoms with E-state index in [1.165, 1.54) is 0 Å². The predicted octanol–water partition coefficient (Wildman–Crippen LogP) is 4.27. The van der Waals surface area contributed by atoms with Crippen molar-refractivity contribution in [3.63, 3.8) is 0 Å². The molecule has 1 heterocycles. The first-order valence-corrected chi connectivity index (χ1v) is 9.11. The average Bonchev–Trinajstić information content (AvgIpc) is 2.66. The van der Waals surface area contributed by atoms with Gasteiger partial charge in [0.2, 0.25) is 0 Å². The van der Waals surface area contributed by atoms with E-state index in [0.29, 0.717) is 25.0 Å². The standard InChI is InChI=1S/C21H27N3O2.HI/c1-15(2)14-26-17-9-7-16(8-10-17)13-23-21(22)24-19-11-12-25-20-6-4-3-5-18(19)20;/h3-10,15,19H,11-14H2,1-2H3,(H3,22,23,24);1H. The topological polar surface area (TPSA) is 68.9 Å². The lowest BCUT2D eigenvalue weighted by Crippen LogP contribution is -2.37. The lowest BCUT2D eigenvalue weighted by Gasteiger charge is -2.26. The highest BCUT2D eigenvalue weighted by Crippen LogP contribution is 2.31. The molecule has 6 heteroatoms. The quantitative estimate of drug-likeness (QED) is 0.368. The van der Waals surface area contributed by atoms with Crippen LogP contribution in [0.1, 0.15) is 37.4 Å². The molecule has 0 radical (unpaired) electrons. The molecule has 0 aliphatic carbocycles. The first-order valence-electron chi connectivity index (χ1n) is 9.11. The fourth-order valence-electron chi connectivity index (χ4n) is 2.85. The normalized spacial score (nSPS) is 16.1. The van der Waals surface area contributed by atoms with Gasteiger partial charge >= 0.3 is 0 Å². The van der Waals surface area contributed by atoms with Gasteiger partial charge in [0.25, 0.3) is 0 Å². The van der Waals surface area contributed by atoms with Crippen molar-refractivity contribution in [3.8, 4) is 11.5 Å². The van der Waals surface area contributed by atoms with E-state index in [0.717, 1.165) is 35.7 Å². The summed E-state index contributed by atoms with van der Waals surface area (Å²) in [5, 5.41) is 3.31. The number of nitrogens with zero attached hydrogens (tertiary/aromatic N) is 1. The van der Waals surface area contributed by atoms with Crippen molar-refractivity contribution in [1.82, 2.24) is 5.32 Å². The molecule has 1 aliphatic rings. The zero-order chi connectivity index (χ0) is 18.4. The molecule has 146 valence electrons. The lowest BCUT2D eigenvalue weighted by molar-refractivity contribution is 0.262. The van der Waals surface area contributed by atoms with Crippen LogP contribution in [0.4, 0.5) is 0 Å². The number of aliphatic imine (C=N–C) groups is 1. The van der Waals surface area contributed by atoms with Gasteiger partial charge in [0.1, 0.15) is 11.5 Å². The minimum Gasteiger partial charge on any atom is -0.493 e. The number of hydrogen-bond acceptors (Lipinski definition) is 3. The Kier molecular flexibility index (Phi) is 8.22. The van der Waals surface area contributed by atoms with E-state index in [1.54, 1.807) is 0 Å². The fraction of sp³-hybridized carbons (Fsp3) is 0.381. The zero-order valence-corrected chi connectivity index (χ0v) is 18.2. The van der Waals surface area contributed by atoms with E-state index in [1.807, 2.05) is 42.5 Å². The third-order valence-corrected chi connectivity index (χ3v) is 4.22. The molecule has 27 heavy (non-hydrogen) atoms. The Hall–Kier alpha value is -1.96. The summed E-state index contributed by atoms with van der Waals surface area (Å²) in [6, 6.07) is 16.2. The first-order chi connectivity index (χ1) is 12.6. The minimum absolute atomic E-state index is 0. The molecule has 3 N–H and O–H groups in total. The van der Waals surface area contributed by atoms with E-state index in [4.69, 9.17) is 15.2 Å². The summed E-state index contributed by atoms with van der Waals surface area (Å²) in [4.78, 5) is 4.47. The molecule has 0 spiro atoms. The van der Waals surface area contributed by atoms with E-state index < -0.39 is 0 Å². The summed E-state index contributed by atoms with van der Waals surface area (Å²) < 4.78 is 11.4. The van der Waals surface area contributed by atoms with Crippen LogP contribution in [0.3, 0.4) is 0 Å². The van der Waals surface area contributed by atoms with E-state index in [2.05, 4.69) is 30.2 Å². The molecule has 3 rings (SSSR count). The molecule has 1 aliphatic heterocycles. The second-order valence-electron chi connectivity index (χ2n) is 6.92. The Balaban J connectivity index is 0.00000261. The lowest BCUT2D eigenvalue weighted by atomic mass is 10.0. The second kappa shape index (κ2) is 10.4. The summed E-state index contributed by atoms with van der Waals surface area (Å²) in [5.41, 5.74) is 8.32. The van der Waals surface area contributed by atoms with Gasteiger partial charge in [-0.15, -0.1) is 24.0 Å². The number of rotatable bonds is 6. The third kappa shape index (κ3) is 6.30. The molecule has 0 amide bonds. The smallest absolute Gasteiger partial charge is 0.189 e. The van der Waals surface area contributed by atoms with Gasteiger partial charge in [0.15, 0.2) is 5.96 Å². The second-order valence-corrected chi connectivity index (χ2v) is 6.92. The Labute approximate surface area is 178 Å². The van der Waals surface area contributed by atoms with Gasteiger partial charge in [0, 0.05) is 12.0 Å². The van der Waals surface area contributed by atoms with Gasteiger partial charge in [-0.25, -0.2) is 4.99 Å². The van der Waals surface area contributed by atoms with E-state index >= 15 is 0 Å². The monoisotopic (exact) mass is 481 g/mol. The van der Waals surface area contributed by atoms with Crippen molar-refractivity contribution in [3.05, 3.63) is 59.7 Å². The Morgan fingerprint density at radius 3 is 2.70 bits per heavy atom. The van der Waals surface area contributed by atoms with Crippen LogP contribution >= 0.6 is 24.0 Å². The van der Waals surface area contributed by atoms with Gasteiger partial charge in [-0.05, 0) is 29.7 Å². The maximum absolute atomic E-state index is 6.09. The maximum atomic E-state index is 6.09. The number of hydrogen-bond donors (Lipinski definition) is 2. The minimum atomic E-state index is 0.